The molecule has 0 spiro atoms. The Hall–Kier alpha value is -0.610. The molecular weight excluding hydrogens is 266 g/mol. The molecule has 0 bridgehead atoms. The van der Waals surface area contributed by atoms with Gasteiger partial charge in [-0.25, -0.2) is 0 Å². The first-order valence-electron chi connectivity index (χ1n) is 8.52. The second-order valence-corrected chi connectivity index (χ2v) is 7.31. The van der Waals surface area contributed by atoms with E-state index in [-0.39, 0.29) is 23.0 Å². The van der Waals surface area contributed by atoms with Crippen molar-refractivity contribution < 1.29 is 14.3 Å². The van der Waals surface area contributed by atoms with Crippen LogP contribution in [0, 0.1) is 10.8 Å². The predicted molar refractivity (Wildman–Crippen MR) is 82.9 cm³/mol. The van der Waals surface area contributed by atoms with E-state index in [4.69, 9.17) is 9.47 Å². The molecule has 1 aliphatic carbocycles. The van der Waals surface area contributed by atoms with Gasteiger partial charge in [-0.05, 0) is 32.1 Å². The van der Waals surface area contributed by atoms with Crippen molar-refractivity contribution in [2.75, 3.05) is 19.8 Å². The minimum Gasteiger partial charge on any atom is -0.356 e. The lowest BCUT2D eigenvalue weighted by Gasteiger charge is -2.40. The number of nitrogens with one attached hydrogen (secondary N) is 1. The minimum absolute atomic E-state index is 0.0127. The second-order valence-electron chi connectivity index (χ2n) is 7.31. The Balaban J connectivity index is 1.68. The molecule has 0 aromatic carbocycles. The maximum Gasteiger partial charge on any atom is 0.226 e. The summed E-state index contributed by atoms with van der Waals surface area (Å²) in [7, 11) is 0. The summed E-state index contributed by atoms with van der Waals surface area (Å²) >= 11 is 0. The fourth-order valence-corrected chi connectivity index (χ4v) is 3.53. The highest BCUT2D eigenvalue weighted by Crippen LogP contribution is 2.45. The Kier molecular flexibility index (Phi) is 5.67. The molecular formula is C17H31NO3. The lowest BCUT2D eigenvalue weighted by atomic mass is 9.65. The van der Waals surface area contributed by atoms with Gasteiger partial charge in [-0.3, -0.25) is 4.79 Å². The molecule has 2 fully saturated rings. The molecule has 4 heteroatoms. The smallest absolute Gasteiger partial charge is 0.226 e. The Morgan fingerprint density at radius 2 is 1.95 bits per heavy atom. The van der Waals surface area contributed by atoms with Crippen LogP contribution in [-0.2, 0) is 14.3 Å². The van der Waals surface area contributed by atoms with E-state index >= 15 is 0 Å². The van der Waals surface area contributed by atoms with Crippen molar-refractivity contribution in [2.45, 2.75) is 72.0 Å². The lowest BCUT2D eigenvalue weighted by molar-refractivity contribution is -0.136. The van der Waals surface area contributed by atoms with E-state index in [0.29, 0.717) is 13.2 Å². The normalized spacial score (nSPS) is 22.0. The second kappa shape index (κ2) is 7.10. The van der Waals surface area contributed by atoms with Crippen LogP contribution in [-0.4, -0.2) is 32.0 Å². The van der Waals surface area contributed by atoms with E-state index in [0.717, 1.165) is 45.1 Å². The van der Waals surface area contributed by atoms with Crippen molar-refractivity contribution in [2.24, 2.45) is 10.8 Å². The van der Waals surface area contributed by atoms with Gasteiger partial charge in [0.25, 0.3) is 0 Å². The van der Waals surface area contributed by atoms with Crippen molar-refractivity contribution in [1.29, 1.82) is 0 Å². The van der Waals surface area contributed by atoms with Gasteiger partial charge >= 0.3 is 0 Å². The third-order valence-electron chi connectivity index (χ3n) is 5.06. The highest BCUT2D eigenvalue weighted by molar-refractivity contribution is 5.83. The fourth-order valence-electron chi connectivity index (χ4n) is 3.53. The molecule has 4 nitrogen and oxygen atoms in total. The molecule has 1 amide bonds. The lowest BCUT2D eigenvalue weighted by Crippen LogP contribution is -2.46. The largest absolute Gasteiger partial charge is 0.356 e. The van der Waals surface area contributed by atoms with Crippen LogP contribution in [0.5, 0.6) is 0 Å². The van der Waals surface area contributed by atoms with Gasteiger partial charge in [-0.2, -0.15) is 0 Å². The van der Waals surface area contributed by atoms with Gasteiger partial charge in [0.2, 0.25) is 5.91 Å². The van der Waals surface area contributed by atoms with Crippen LogP contribution < -0.4 is 5.32 Å². The highest BCUT2D eigenvalue weighted by Gasteiger charge is 2.42. The molecule has 1 saturated carbocycles. The van der Waals surface area contributed by atoms with E-state index in [2.05, 4.69) is 26.1 Å². The zero-order chi connectivity index (χ0) is 15.3. The van der Waals surface area contributed by atoms with Gasteiger partial charge in [0.1, 0.15) is 0 Å². The minimum atomic E-state index is -0.0914. The van der Waals surface area contributed by atoms with Gasteiger partial charge in [0.05, 0.1) is 13.2 Å². The van der Waals surface area contributed by atoms with Crippen molar-refractivity contribution in [3.63, 3.8) is 0 Å². The SMILES string of the molecule is CCCC1(C(=O)NCCCC(C)(C)C2OCCO2)CCC1. The van der Waals surface area contributed by atoms with Crippen molar-refractivity contribution >= 4 is 5.91 Å². The summed E-state index contributed by atoms with van der Waals surface area (Å²) < 4.78 is 11.2. The summed E-state index contributed by atoms with van der Waals surface area (Å²) in [6, 6.07) is 0. The Labute approximate surface area is 129 Å². The monoisotopic (exact) mass is 297 g/mol. The first-order valence-corrected chi connectivity index (χ1v) is 8.52. The number of rotatable bonds is 8. The van der Waals surface area contributed by atoms with Crippen LogP contribution in [0.15, 0.2) is 0 Å². The molecule has 1 N–H and O–H groups in total. The van der Waals surface area contributed by atoms with Crippen LogP contribution >= 0.6 is 0 Å². The third-order valence-corrected chi connectivity index (χ3v) is 5.06. The Bertz CT molecular complexity index is 344. The molecule has 122 valence electrons. The molecule has 0 aromatic heterocycles. The zero-order valence-corrected chi connectivity index (χ0v) is 13.9. The van der Waals surface area contributed by atoms with E-state index in [1.165, 1.54) is 6.42 Å². The van der Waals surface area contributed by atoms with Gasteiger partial charge < -0.3 is 14.8 Å². The number of ether oxygens (including phenoxy) is 2. The van der Waals surface area contributed by atoms with E-state index in [1.54, 1.807) is 0 Å². The average Bonchev–Trinajstić information content (AvgIpc) is 2.93. The Morgan fingerprint density at radius 3 is 2.48 bits per heavy atom. The number of carbonyl (C=O) groups is 1. The summed E-state index contributed by atoms with van der Waals surface area (Å²) in [6.07, 6.45) is 7.36. The summed E-state index contributed by atoms with van der Waals surface area (Å²) in [6.45, 7) is 8.68. The maximum absolute atomic E-state index is 12.4. The van der Waals surface area contributed by atoms with Crippen molar-refractivity contribution in [1.82, 2.24) is 5.32 Å². The van der Waals surface area contributed by atoms with Crippen LogP contribution in [0.25, 0.3) is 0 Å². The molecule has 1 aliphatic heterocycles. The molecule has 1 heterocycles. The van der Waals surface area contributed by atoms with Gasteiger partial charge in [-0.1, -0.05) is 33.6 Å². The summed E-state index contributed by atoms with van der Waals surface area (Å²) in [5.74, 6) is 0.279. The zero-order valence-electron chi connectivity index (χ0n) is 13.9. The maximum atomic E-state index is 12.4. The average molecular weight is 297 g/mol. The van der Waals surface area contributed by atoms with E-state index < -0.39 is 0 Å². The molecule has 1 saturated heterocycles. The first kappa shape index (κ1) is 16.8. The Morgan fingerprint density at radius 1 is 1.29 bits per heavy atom. The highest BCUT2D eigenvalue weighted by atomic mass is 16.7. The van der Waals surface area contributed by atoms with Crippen LogP contribution in [0.2, 0.25) is 0 Å². The molecule has 2 rings (SSSR count). The fraction of sp³-hybridized carbons (Fsp3) is 0.941. The standard InChI is InChI=1S/C17H31NO3/c1-4-7-17(9-5-10-17)14(19)18-11-6-8-16(2,3)15-20-12-13-21-15/h15H,4-13H2,1-3H3,(H,18,19). The van der Waals surface area contributed by atoms with Gasteiger partial charge in [-0.15, -0.1) is 0 Å². The van der Waals surface area contributed by atoms with Crippen molar-refractivity contribution in [3.8, 4) is 0 Å². The topological polar surface area (TPSA) is 47.6 Å². The van der Waals surface area contributed by atoms with Crippen LogP contribution in [0.1, 0.15) is 65.7 Å². The number of hydrogen-bond donors (Lipinski definition) is 1. The molecule has 0 atom stereocenters. The van der Waals surface area contributed by atoms with Crippen molar-refractivity contribution in [3.05, 3.63) is 0 Å². The summed E-state index contributed by atoms with van der Waals surface area (Å²) in [5, 5.41) is 3.15. The molecule has 21 heavy (non-hydrogen) atoms. The quantitative estimate of drug-likeness (QED) is 0.700. The molecule has 0 aromatic rings. The van der Waals surface area contributed by atoms with E-state index in [9.17, 15) is 4.79 Å². The van der Waals surface area contributed by atoms with Gasteiger partial charge in [0.15, 0.2) is 6.29 Å². The molecule has 2 aliphatic rings. The third kappa shape index (κ3) is 3.98. The predicted octanol–water partition coefficient (Wildman–Crippen LogP) is 3.25. The van der Waals surface area contributed by atoms with Crippen LogP contribution in [0.4, 0.5) is 0 Å². The molecule has 0 unspecified atom stereocenters. The molecule has 0 radical (unpaired) electrons. The van der Waals surface area contributed by atoms with E-state index in [1.807, 2.05) is 0 Å². The number of hydrogen-bond acceptors (Lipinski definition) is 3. The number of carbonyl (C=O) groups excluding carboxylic acids is 1. The first-order chi connectivity index (χ1) is 10.0. The van der Waals surface area contributed by atoms with Gasteiger partial charge in [0, 0.05) is 17.4 Å². The summed E-state index contributed by atoms with van der Waals surface area (Å²) in [5.41, 5.74) is -0.0270. The van der Waals surface area contributed by atoms with Crippen LogP contribution in [0.3, 0.4) is 0 Å². The number of amides is 1. The summed E-state index contributed by atoms with van der Waals surface area (Å²) in [4.78, 5) is 12.4.